The summed E-state index contributed by atoms with van der Waals surface area (Å²) in [6, 6.07) is 9.63. The van der Waals surface area contributed by atoms with Crippen molar-refractivity contribution in [2.45, 2.75) is 19.1 Å². The molecule has 1 saturated heterocycles. The number of nitrogens with zero attached hydrogens (tertiary/aromatic N) is 1. The van der Waals surface area contributed by atoms with E-state index in [1.165, 1.54) is 0 Å². The Hall–Kier alpha value is -1.63. The molecule has 1 N–H and O–H groups in total. The van der Waals surface area contributed by atoms with Crippen LogP contribution >= 0.6 is 27.5 Å². The van der Waals surface area contributed by atoms with Gasteiger partial charge in [-0.3, -0.25) is 0 Å². The first kappa shape index (κ1) is 20.1. The van der Waals surface area contributed by atoms with Gasteiger partial charge in [-0.05, 0) is 43.3 Å². The fourth-order valence-electron chi connectivity index (χ4n) is 3.10. The van der Waals surface area contributed by atoms with E-state index < -0.39 is 0 Å². The second-order valence-electron chi connectivity index (χ2n) is 6.59. The van der Waals surface area contributed by atoms with Crippen molar-refractivity contribution in [3.05, 3.63) is 45.4 Å². The molecule has 0 bridgehead atoms. The van der Waals surface area contributed by atoms with Gasteiger partial charge in [0.25, 0.3) is 0 Å². The molecule has 0 amide bonds. The van der Waals surface area contributed by atoms with E-state index in [0.717, 1.165) is 35.2 Å². The summed E-state index contributed by atoms with van der Waals surface area (Å²) < 4.78 is 17.8. The molecule has 1 aliphatic rings. The maximum absolute atomic E-state index is 6.32. The smallest absolute Gasteiger partial charge is 0.161 e. The maximum atomic E-state index is 6.32. The normalized spacial score (nSPS) is 17.0. The van der Waals surface area contributed by atoms with Crippen LogP contribution in [0, 0.1) is 0 Å². The van der Waals surface area contributed by atoms with Gasteiger partial charge < -0.3 is 24.4 Å². The number of methoxy groups -OCH3 is 2. The zero-order valence-corrected chi connectivity index (χ0v) is 18.1. The van der Waals surface area contributed by atoms with Gasteiger partial charge in [0, 0.05) is 35.9 Å². The Morgan fingerprint density at radius 3 is 2.56 bits per heavy atom. The Balaban J connectivity index is 1.70. The fourth-order valence-corrected chi connectivity index (χ4v) is 3.73. The van der Waals surface area contributed by atoms with Crippen LogP contribution in [0.1, 0.15) is 12.0 Å². The van der Waals surface area contributed by atoms with Crippen LogP contribution in [-0.2, 0) is 6.54 Å². The highest BCUT2D eigenvalue weighted by Crippen LogP contribution is 2.34. The third-order valence-electron chi connectivity index (χ3n) is 4.61. The summed E-state index contributed by atoms with van der Waals surface area (Å²) in [4.78, 5) is 2.26. The second-order valence-corrected chi connectivity index (χ2v) is 7.85. The highest BCUT2D eigenvalue weighted by molar-refractivity contribution is 9.10. The molecule has 5 nitrogen and oxygen atoms in total. The lowest BCUT2D eigenvalue weighted by Gasteiger charge is -2.17. The third kappa shape index (κ3) is 5.00. The molecule has 0 saturated carbocycles. The van der Waals surface area contributed by atoms with Gasteiger partial charge in [0.15, 0.2) is 11.5 Å². The molecule has 1 heterocycles. The quantitative estimate of drug-likeness (QED) is 0.649. The van der Waals surface area contributed by atoms with Crippen molar-refractivity contribution in [3.8, 4) is 17.2 Å². The van der Waals surface area contributed by atoms with Gasteiger partial charge >= 0.3 is 0 Å². The molecular formula is C20H24BrClN2O3. The summed E-state index contributed by atoms with van der Waals surface area (Å²) in [5.41, 5.74) is 2.00. The van der Waals surface area contributed by atoms with Crippen molar-refractivity contribution >= 4 is 33.2 Å². The van der Waals surface area contributed by atoms with Gasteiger partial charge in [-0.15, -0.1) is 0 Å². The van der Waals surface area contributed by atoms with E-state index >= 15 is 0 Å². The Bertz CT molecular complexity index is 803. The Morgan fingerprint density at radius 1 is 1.15 bits per heavy atom. The number of likely N-dealkylation sites (N-methyl/N-ethyl adjacent to an activating group) is 1. The number of ether oxygens (including phenoxy) is 3. The first-order valence-corrected chi connectivity index (χ1v) is 9.96. The molecule has 2 aromatic rings. The first-order valence-electron chi connectivity index (χ1n) is 8.79. The average Bonchev–Trinajstić information content (AvgIpc) is 3.07. The molecule has 0 aromatic heterocycles. The molecule has 7 heteroatoms. The Kier molecular flexibility index (Phi) is 6.73. The van der Waals surface area contributed by atoms with Gasteiger partial charge in [-0.25, -0.2) is 0 Å². The minimum atomic E-state index is 0.183. The Labute approximate surface area is 173 Å². The first-order chi connectivity index (χ1) is 13.0. The number of likely N-dealkylation sites (tertiary alicyclic amines) is 1. The van der Waals surface area contributed by atoms with Crippen LogP contribution in [0.15, 0.2) is 34.8 Å². The van der Waals surface area contributed by atoms with E-state index in [0.29, 0.717) is 28.8 Å². The molecule has 2 aromatic carbocycles. The van der Waals surface area contributed by atoms with Crippen LogP contribution in [0.3, 0.4) is 0 Å². The molecular weight excluding hydrogens is 432 g/mol. The van der Waals surface area contributed by atoms with Crippen molar-refractivity contribution in [2.75, 3.05) is 39.7 Å². The number of halogens is 2. The van der Waals surface area contributed by atoms with Crippen LogP contribution in [0.25, 0.3) is 0 Å². The predicted molar refractivity (Wildman–Crippen MR) is 113 cm³/mol. The fraction of sp³-hybridized carbons (Fsp3) is 0.400. The van der Waals surface area contributed by atoms with Crippen molar-refractivity contribution in [1.82, 2.24) is 4.90 Å². The van der Waals surface area contributed by atoms with E-state index in [1.807, 2.05) is 30.3 Å². The van der Waals surface area contributed by atoms with Crippen molar-refractivity contribution in [3.63, 3.8) is 0 Å². The van der Waals surface area contributed by atoms with E-state index in [2.05, 4.69) is 33.2 Å². The minimum Gasteiger partial charge on any atom is -0.493 e. The lowest BCUT2D eigenvalue weighted by atomic mass is 10.2. The van der Waals surface area contributed by atoms with Gasteiger partial charge in [0.05, 0.1) is 19.2 Å². The zero-order valence-electron chi connectivity index (χ0n) is 15.7. The zero-order chi connectivity index (χ0) is 19.4. The lowest BCUT2D eigenvalue weighted by molar-refractivity contribution is 0.208. The summed E-state index contributed by atoms with van der Waals surface area (Å²) in [5, 5.41) is 4.04. The van der Waals surface area contributed by atoms with Gasteiger partial charge in [0.1, 0.15) is 11.9 Å². The standard InChI is InChI=1S/C20H24BrClN2O3/c1-24-7-6-15(12-24)27-18-9-14(4-5-17(18)22)23-11-13-8-19(25-2)20(26-3)10-16(13)21/h4-5,8-10,15,23H,6-7,11-12H2,1-3H3/t15-/m0/s1. The summed E-state index contributed by atoms with van der Waals surface area (Å²) in [5.74, 6) is 2.10. The van der Waals surface area contributed by atoms with Crippen LogP contribution in [0.2, 0.25) is 5.02 Å². The van der Waals surface area contributed by atoms with E-state index in [9.17, 15) is 0 Å². The van der Waals surface area contributed by atoms with E-state index in [-0.39, 0.29) is 6.10 Å². The summed E-state index contributed by atoms with van der Waals surface area (Å²) in [6.45, 7) is 2.59. The largest absolute Gasteiger partial charge is 0.493 e. The van der Waals surface area contributed by atoms with E-state index in [1.54, 1.807) is 14.2 Å². The summed E-state index contributed by atoms with van der Waals surface area (Å²) >= 11 is 9.91. The molecule has 1 fully saturated rings. The van der Waals surface area contributed by atoms with Crippen LogP contribution < -0.4 is 19.5 Å². The number of anilines is 1. The lowest BCUT2D eigenvalue weighted by Crippen LogP contribution is -2.21. The summed E-state index contributed by atoms with van der Waals surface area (Å²) in [6.07, 6.45) is 1.20. The monoisotopic (exact) mass is 454 g/mol. The number of nitrogens with one attached hydrogen (secondary N) is 1. The molecule has 0 spiro atoms. The van der Waals surface area contributed by atoms with Gasteiger partial charge in [-0.1, -0.05) is 27.5 Å². The van der Waals surface area contributed by atoms with Crippen LogP contribution in [0.4, 0.5) is 5.69 Å². The molecule has 1 aliphatic heterocycles. The third-order valence-corrected chi connectivity index (χ3v) is 5.66. The number of hydrogen-bond donors (Lipinski definition) is 1. The molecule has 3 rings (SSSR count). The highest BCUT2D eigenvalue weighted by atomic mass is 79.9. The molecule has 146 valence electrons. The second kappa shape index (κ2) is 9.04. The number of benzene rings is 2. The van der Waals surface area contributed by atoms with Crippen LogP contribution in [0.5, 0.6) is 17.2 Å². The van der Waals surface area contributed by atoms with Crippen LogP contribution in [-0.4, -0.2) is 45.4 Å². The highest BCUT2D eigenvalue weighted by Gasteiger charge is 2.22. The van der Waals surface area contributed by atoms with Crippen molar-refractivity contribution < 1.29 is 14.2 Å². The SMILES string of the molecule is COc1cc(Br)c(CNc2ccc(Cl)c(O[C@H]3CCN(C)C3)c2)cc1OC. The predicted octanol–water partition coefficient (Wildman–Crippen LogP) is 4.81. The minimum absolute atomic E-state index is 0.183. The summed E-state index contributed by atoms with van der Waals surface area (Å²) in [7, 11) is 5.36. The topological polar surface area (TPSA) is 43.0 Å². The maximum Gasteiger partial charge on any atom is 0.161 e. The van der Waals surface area contributed by atoms with Crippen molar-refractivity contribution in [1.29, 1.82) is 0 Å². The number of hydrogen-bond acceptors (Lipinski definition) is 5. The van der Waals surface area contributed by atoms with Gasteiger partial charge in [-0.2, -0.15) is 0 Å². The molecule has 0 aliphatic carbocycles. The molecule has 0 unspecified atom stereocenters. The molecule has 27 heavy (non-hydrogen) atoms. The van der Waals surface area contributed by atoms with Crippen molar-refractivity contribution in [2.24, 2.45) is 0 Å². The molecule has 1 atom stereocenters. The van der Waals surface area contributed by atoms with Gasteiger partial charge in [0.2, 0.25) is 0 Å². The van der Waals surface area contributed by atoms with E-state index in [4.69, 9.17) is 25.8 Å². The number of rotatable bonds is 7. The molecule has 0 radical (unpaired) electrons. The Morgan fingerprint density at radius 2 is 1.89 bits per heavy atom. The average molecular weight is 456 g/mol.